The molecule has 0 saturated heterocycles. The van der Waals surface area contributed by atoms with Gasteiger partial charge in [-0.15, -0.1) is 0 Å². The molecule has 0 aliphatic carbocycles. The molecule has 0 aliphatic rings. The van der Waals surface area contributed by atoms with Gasteiger partial charge in [0, 0.05) is 31.2 Å². The van der Waals surface area contributed by atoms with Crippen LogP contribution in [0.3, 0.4) is 0 Å². The largest absolute Gasteiger partial charge is 0.372 e. The highest BCUT2D eigenvalue weighted by molar-refractivity contribution is 5.70. The maximum Gasteiger partial charge on any atom is 0.0366 e. The zero-order valence-corrected chi connectivity index (χ0v) is 11.6. The Kier molecular flexibility index (Phi) is 4.73. The monoisotopic (exact) mass is 252 g/mol. The summed E-state index contributed by atoms with van der Waals surface area (Å²) in [4.78, 5) is 6.35. The predicted octanol–water partition coefficient (Wildman–Crippen LogP) is 4.10. The van der Waals surface area contributed by atoms with E-state index in [2.05, 4.69) is 60.1 Å². The molecule has 1 aromatic carbocycles. The Hall–Kier alpha value is -2.09. The van der Waals surface area contributed by atoms with Crippen molar-refractivity contribution in [2.24, 2.45) is 0 Å². The molecule has 0 atom stereocenters. The quantitative estimate of drug-likeness (QED) is 0.796. The van der Waals surface area contributed by atoms with E-state index in [1.54, 1.807) is 0 Å². The molecule has 0 amide bonds. The first-order valence-corrected chi connectivity index (χ1v) is 6.76. The Labute approximate surface area is 115 Å². The third-order valence-electron chi connectivity index (χ3n) is 3.20. The molecule has 0 N–H and O–H groups in total. The Bertz CT molecular complexity index is 511. The fraction of sp³-hybridized carbons (Fsp3) is 0.235. The van der Waals surface area contributed by atoms with Crippen LogP contribution in [-0.4, -0.2) is 18.1 Å². The number of hydrogen-bond donors (Lipinski definition) is 0. The summed E-state index contributed by atoms with van der Waals surface area (Å²) < 4.78 is 0. The van der Waals surface area contributed by atoms with Crippen LogP contribution < -0.4 is 4.90 Å². The predicted molar refractivity (Wildman–Crippen MR) is 83.2 cm³/mol. The number of benzene rings is 1. The Balaban J connectivity index is 2.09. The lowest BCUT2D eigenvalue weighted by Gasteiger charge is -2.20. The van der Waals surface area contributed by atoms with E-state index in [1.165, 1.54) is 16.8 Å². The molecule has 2 heteroatoms. The van der Waals surface area contributed by atoms with Crippen LogP contribution in [0.5, 0.6) is 0 Å². The molecular formula is C17H20N2. The highest BCUT2D eigenvalue weighted by Crippen LogP contribution is 2.16. The van der Waals surface area contributed by atoms with Crippen LogP contribution in [0.1, 0.15) is 25.0 Å². The van der Waals surface area contributed by atoms with Crippen LogP contribution in [-0.2, 0) is 0 Å². The maximum atomic E-state index is 4.01. The molecule has 0 spiro atoms. The second kappa shape index (κ2) is 6.74. The van der Waals surface area contributed by atoms with Crippen molar-refractivity contribution >= 4 is 17.8 Å². The lowest BCUT2D eigenvalue weighted by molar-refractivity contribution is 0.866. The molecule has 0 radical (unpaired) electrons. The van der Waals surface area contributed by atoms with Gasteiger partial charge >= 0.3 is 0 Å². The first kappa shape index (κ1) is 13.3. The number of hydrogen-bond acceptors (Lipinski definition) is 2. The van der Waals surface area contributed by atoms with Gasteiger partial charge in [-0.05, 0) is 49.2 Å². The average Bonchev–Trinajstić information content (AvgIpc) is 2.49. The summed E-state index contributed by atoms with van der Waals surface area (Å²) >= 11 is 0. The van der Waals surface area contributed by atoms with Gasteiger partial charge < -0.3 is 4.90 Å². The minimum absolute atomic E-state index is 1.04. The second-order valence-electron chi connectivity index (χ2n) is 4.38. The normalized spacial score (nSPS) is 10.8. The highest BCUT2D eigenvalue weighted by atomic mass is 15.1. The summed E-state index contributed by atoms with van der Waals surface area (Å²) in [7, 11) is 0. The average molecular weight is 252 g/mol. The van der Waals surface area contributed by atoms with Crippen molar-refractivity contribution in [3.05, 3.63) is 59.9 Å². The highest BCUT2D eigenvalue weighted by Gasteiger charge is 1.99. The van der Waals surface area contributed by atoms with Crippen molar-refractivity contribution in [2.75, 3.05) is 18.0 Å². The van der Waals surface area contributed by atoms with Gasteiger partial charge in [-0.2, -0.15) is 0 Å². The molecule has 0 aliphatic heterocycles. The maximum absolute atomic E-state index is 4.01. The minimum Gasteiger partial charge on any atom is -0.372 e. The molecule has 0 saturated carbocycles. The molecule has 19 heavy (non-hydrogen) atoms. The van der Waals surface area contributed by atoms with Gasteiger partial charge in [0.25, 0.3) is 0 Å². The molecule has 2 rings (SSSR count). The van der Waals surface area contributed by atoms with Crippen LogP contribution in [0, 0.1) is 0 Å². The molecule has 2 aromatic rings. The zero-order chi connectivity index (χ0) is 13.5. The molecule has 98 valence electrons. The van der Waals surface area contributed by atoms with Gasteiger partial charge in [-0.3, -0.25) is 4.98 Å². The Morgan fingerprint density at radius 3 is 1.89 bits per heavy atom. The topological polar surface area (TPSA) is 16.1 Å². The van der Waals surface area contributed by atoms with Crippen molar-refractivity contribution in [1.82, 2.24) is 4.98 Å². The van der Waals surface area contributed by atoms with Gasteiger partial charge in [0.05, 0.1) is 0 Å². The fourth-order valence-corrected chi connectivity index (χ4v) is 2.05. The van der Waals surface area contributed by atoms with E-state index < -0.39 is 0 Å². The van der Waals surface area contributed by atoms with Crippen LogP contribution in [0.15, 0.2) is 48.8 Å². The van der Waals surface area contributed by atoms with Crippen molar-refractivity contribution in [2.45, 2.75) is 13.8 Å². The van der Waals surface area contributed by atoms with Gasteiger partial charge in [-0.1, -0.05) is 24.3 Å². The summed E-state index contributed by atoms with van der Waals surface area (Å²) in [6, 6.07) is 12.7. The van der Waals surface area contributed by atoms with Crippen LogP contribution in [0.25, 0.3) is 12.2 Å². The summed E-state index contributed by atoms with van der Waals surface area (Å²) in [5.74, 6) is 0. The van der Waals surface area contributed by atoms with E-state index in [0.717, 1.165) is 13.1 Å². The van der Waals surface area contributed by atoms with Crippen LogP contribution in [0.2, 0.25) is 0 Å². The van der Waals surface area contributed by atoms with E-state index in [0.29, 0.717) is 0 Å². The molecule has 1 aromatic heterocycles. The minimum atomic E-state index is 1.04. The number of nitrogens with zero attached hydrogens (tertiary/aromatic N) is 2. The molecule has 0 bridgehead atoms. The summed E-state index contributed by atoms with van der Waals surface area (Å²) in [5.41, 5.74) is 3.67. The lowest BCUT2D eigenvalue weighted by Crippen LogP contribution is -2.21. The van der Waals surface area contributed by atoms with Crippen LogP contribution >= 0.6 is 0 Å². The van der Waals surface area contributed by atoms with Crippen molar-refractivity contribution in [3.8, 4) is 0 Å². The van der Waals surface area contributed by atoms with E-state index in [1.807, 2.05) is 24.5 Å². The third kappa shape index (κ3) is 3.68. The Morgan fingerprint density at radius 1 is 0.842 bits per heavy atom. The molecule has 2 nitrogen and oxygen atoms in total. The molecular weight excluding hydrogens is 232 g/mol. The van der Waals surface area contributed by atoms with Gasteiger partial charge in [0.15, 0.2) is 0 Å². The van der Waals surface area contributed by atoms with Crippen molar-refractivity contribution in [3.63, 3.8) is 0 Å². The second-order valence-corrected chi connectivity index (χ2v) is 4.38. The van der Waals surface area contributed by atoms with Crippen molar-refractivity contribution < 1.29 is 0 Å². The lowest BCUT2D eigenvalue weighted by atomic mass is 10.1. The SMILES string of the molecule is CCN(CC)c1ccc(/C=C\c2ccncc2)cc1. The molecule has 0 unspecified atom stereocenters. The standard InChI is InChI=1S/C17H20N2/c1-3-19(4-2)17-9-7-15(8-10-17)5-6-16-11-13-18-14-12-16/h5-14H,3-4H2,1-2H3/b6-5-. The Morgan fingerprint density at radius 2 is 1.37 bits per heavy atom. The third-order valence-corrected chi connectivity index (χ3v) is 3.20. The summed E-state index contributed by atoms with van der Waals surface area (Å²) in [6.07, 6.45) is 7.85. The van der Waals surface area contributed by atoms with Crippen molar-refractivity contribution in [1.29, 1.82) is 0 Å². The zero-order valence-electron chi connectivity index (χ0n) is 11.6. The number of anilines is 1. The fourth-order valence-electron chi connectivity index (χ4n) is 2.05. The van der Waals surface area contributed by atoms with Gasteiger partial charge in [0.2, 0.25) is 0 Å². The summed E-state index contributed by atoms with van der Waals surface area (Å²) in [5, 5.41) is 0. The summed E-state index contributed by atoms with van der Waals surface area (Å²) in [6.45, 7) is 6.45. The molecule has 0 fully saturated rings. The van der Waals surface area contributed by atoms with E-state index >= 15 is 0 Å². The number of rotatable bonds is 5. The number of aromatic nitrogens is 1. The smallest absolute Gasteiger partial charge is 0.0366 e. The van der Waals surface area contributed by atoms with Crippen LogP contribution in [0.4, 0.5) is 5.69 Å². The van der Waals surface area contributed by atoms with Gasteiger partial charge in [0.1, 0.15) is 0 Å². The number of pyridine rings is 1. The van der Waals surface area contributed by atoms with Gasteiger partial charge in [-0.25, -0.2) is 0 Å². The van der Waals surface area contributed by atoms with E-state index in [9.17, 15) is 0 Å². The van der Waals surface area contributed by atoms with E-state index in [4.69, 9.17) is 0 Å². The first-order chi connectivity index (χ1) is 9.33. The first-order valence-electron chi connectivity index (χ1n) is 6.76. The van der Waals surface area contributed by atoms with E-state index in [-0.39, 0.29) is 0 Å². The molecule has 1 heterocycles.